The van der Waals surface area contributed by atoms with Crippen molar-refractivity contribution in [2.45, 2.75) is 24.5 Å². The number of rotatable bonds is 5. The normalized spacial score (nSPS) is 15.5. The molecule has 0 bridgehead atoms. The summed E-state index contributed by atoms with van der Waals surface area (Å²) in [6, 6.07) is 6.38. The highest BCUT2D eigenvalue weighted by atomic mass is 32.2. The fourth-order valence-electron chi connectivity index (χ4n) is 1.49. The SMILES string of the molecule is O=C(O)Cc1ccc(NS(=O)(=O)C2CC2)cc1. The van der Waals surface area contributed by atoms with E-state index in [2.05, 4.69) is 4.72 Å². The lowest BCUT2D eigenvalue weighted by Crippen LogP contribution is -2.17. The molecule has 0 amide bonds. The van der Waals surface area contributed by atoms with Crippen LogP contribution in [0.4, 0.5) is 5.69 Å². The topological polar surface area (TPSA) is 83.5 Å². The van der Waals surface area contributed by atoms with Crippen molar-refractivity contribution in [1.82, 2.24) is 0 Å². The number of aliphatic carboxylic acids is 1. The van der Waals surface area contributed by atoms with Crippen LogP contribution < -0.4 is 4.72 Å². The second-order valence-corrected chi connectivity index (χ2v) is 6.07. The maximum atomic E-state index is 11.6. The van der Waals surface area contributed by atoms with Crippen molar-refractivity contribution in [3.05, 3.63) is 29.8 Å². The second kappa shape index (κ2) is 4.37. The molecule has 1 saturated carbocycles. The standard InChI is InChI=1S/C11H13NO4S/c13-11(14)7-8-1-3-9(4-2-8)12-17(15,16)10-5-6-10/h1-4,10,12H,5-7H2,(H,13,14). The van der Waals surface area contributed by atoms with Crippen LogP contribution in [0, 0.1) is 0 Å². The number of hydrogen-bond donors (Lipinski definition) is 2. The van der Waals surface area contributed by atoms with Crippen LogP contribution in [0.25, 0.3) is 0 Å². The first kappa shape index (κ1) is 11.9. The average Bonchev–Trinajstić information content (AvgIpc) is 3.03. The number of carboxylic acid groups (broad SMARTS) is 1. The first-order valence-electron chi connectivity index (χ1n) is 5.30. The lowest BCUT2D eigenvalue weighted by Gasteiger charge is -2.07. The molecule has 0 atom stereocenters. The summed E-state index contributed by atoms with van der Waals surface area (Å²) in [5.74, 6) is -0.906. The van der Waals surface area contributed by atoms with E-state index >= 15 is 0 Å². The zero-order valence-electron chi connectivity index (χ0n) is 9.09. The number of carboxylic acids is 1. The van der Waals surface area contributed by atoms with Gasteiger partial charge in [0.1, 0.15) is 0 Å². The van der Waals surface area contributed by atoms with E-state index in [1.165, 1.54) is 0 Å². The number of benzene rings is 1. The Hall–Kier alpha value is -1.56. The third kappa shape index (κ3) is 3.20. The van der Waals surface area contributed by atoms with E-state index in [4.69, 9.17) is 5.11 Å². The van der Waals surface area contributed by atoms with Gasteiger partial charge in [0.25, 0.3) is 0 Å². The minimum atomic E-state index is -3.24. The van der Waals surface area contributed by atoms with Gasteiger partial charge in [0.05, 0.1) is 11.7 Å². The summed E-state index contributed by atoms with van der Waals surface area (Å²) in [5, 5.41) is 8.33. The highest BCUT2D eigenvalue weighted by molar-refractivity contribution is 7.93. The lowest BCUT2D eigenvalue weighted by molar-refractivity contribution is -0.136. The van der Waals surface area contributed by atoms with Crippen LogP contribution in [-0.2, 0) is 21.2 Å². The van der Waals surface area contributed by atoms with Gasteiger partial charge in [-0.15, -0.1) is 0 Å². The molecule has 0 spiro atoms. The molecule has 1 aliphatic rings. The third-order valence-corrected chi connectivity index (χ3v) is 4.40. The molecule has 6 heteroatoms. The molecule has 1 aromatic rings. The van der Waals surface area contributed by atoms with E-state index in [1.54, 1.807) is 24.3 Å². The molecule has 5 nitrogen and oxygen atoms in total. The monoisotopic (exact) mass is 255 g/mol. The Labute approximate surface area is 99.5 Å². The molecule has 0 heterocycles. The van der Waals surface area contributed by atoms with Crippen LogP contribution in [0.15, 0.2) is 24.3 Å². The highest BCUT2D eigenvalue weighted by Gasteiger charge is 2.35. The van der Waals surface area contributed by atoms with E-state index in [9.17, 15) is 13.2 Å². The van der Waals surface area contributed by atoms with E-state index in [0.717, 1.165) is 0 Å². The average molecular weight is 255 g/mol. The Balaban J connectivity index is 2.05. The zero-order chi connectivity index (χ0) is 12.5. The molecule has 0 aromatic heterocycles. The third-order valence-electron chi connectivity index (χ3n) is 2.53. The van der Waals surface area contributed by atoms with Crippen molar-refractivity contribution < 1.29 is 18.3 Å². The molecule has 1 aliphatic carbocycles. The summed E-state index contributed by atoms with van der Waals surface area (Å²) in [6.07, 6.45) is 1.37. The van der Waals surface area contributed by atoms with Gasteiger partial charge in [0, 0.05) is 5.69 Å². The molecule has 92 valence electrons. The molecule has 0 radical (unpaired) electrons. The molecule has 2 rings (SSSR count). The van der Waals surface area contributed by atoms with Crippen LogP contribution in [0.5, 0.6) is 0 Å². The largest absolute Gasteiger partial charge is 0.481 e. The molecular weight excluding hydrogens is 242 g/mol. The fraction of sp³-hybridized carbons (Fsp3) is 0.364. The van der Waals surface area contributed by atoms with Gasteiger partial charge in [-0.25, -0.2) is 8.42 Å². The number of sulfonamides is 1. The molecule has 0 saturated heterocycles. The predicted molar refractivity (Wildman–Crippen MR) is 63.3 cm³/mol. The molecule has 2 N–H and O–H groups in total. The van der Waals surface area contributed by atoms with E-state index in [1.807, 2.05) is 0 Å². The molecule has 17 heavy (non-hydrogen) atoms. The predicted octanol–water partition coefficient (Wildman–Crippen LogP) is 1.22. The second-order valence-electron chi connectivity index (χ2n) is 4.11. The van der Waals surface area contributed by atoms with Crippen molar-refractivity contribution in [1.29, 1.82) is 0 Å². The number of hydrogen-bond acceptors (Lipinski definition) is 3. The van der Waals surface area contributed by atoms with Crippen molar-refractivity contribution >= 4 is 21.7 Å². The van der Waals surface area contributed by atoms with Gasteiger partial charge in [0.2, 0.25) is 10.0 Å². The van der Waals surface area contributed by atoms with Gasteiger partial charge in [-0.2, -0.15) is 0 Å². The zero-order valence-corrected chi connectivity index (χ0v) is 9.90. The molecular formula is C11H13NO4S. The maximum Gasteiger partial charge on any atom is 0.307 e. The Bertz CT molecular complexity index is 517. The summed E-state index contributed by atoms with van der Waals surface area (Å²) in [7, 11) is -3.24. The highest BCUT2D eigenvalue weighted by Crippen LogP contribution is 2.29. The Morgan fingerprint density at radius 3 is 2.35 bits per heavy atom. The van der Waals surface area contributed by atoms with E-state index in [-0.39, 0.29) is 11.7 Å². The van der Waals surface area contributed by atoms with Crippen LogP contribution in [-0.4, -0.2) is 24.7 Å². The van der Waals surface area contributed by atoms with Gasteiger partial charge in [0.15, 0.2) is 0 Å². The number of anilines is 1. The first-order valence-corrected chi connectivity index (χ1v) is 6.84. The van der Waals surface area contributed by atoms with Gasteiger partial charge in [-0.3, -0.25) is 9.52 Å². The van der Waals surface area contributed by atoms with Crippen LogP contribution in [0.2, 0.25) is 0 Å². The number of carbonyl (C=O) groups is 1. The fourth-order valence-corrected chi connectivity index (χ4v) is 2.88. The summed E-state index contributed by atoms with van der Waals surface area (Å²) >= 11 is 0. The van der Waals surface area contributed by atoms with Gasteiger partial charge in [-0.05, 0) is 30.5 Å². The van der Waals surface area contributed by atoms with Crippen molar-refractivity contribution in [2.75, 3.05) is 4.72 Å². The van der Waals surface area contributed by atoms with Gasteiger partial charge in [-0.1, -0.05) is 12.1 Å². The molecule has 1 aromatic carbocycles. The summed E-state index contributed by atoms with van der Waals surface area (Å²) in [4.78, 5) is 10.5. The molecule has 0 unspecified atom stereocenters. The number of nitrogens with one attached hydrogen (secondary N) is 1. The van der Waals surface area contributed by atoms with Gasteiger partial charge >= 0.3 is 5.97 Å². The maximum absolute atomic E-state index is 11.6. The Kier molecular flexibility index (Phi) is 3.06. The summed E-state index contributed by atoms with van der Waals surface area (Å²) in [6.45, 7) is 0. The minimum Gasteiger partial charge on any atom is -0.481 e. The van der Waals surface area contributed by atoms with Crippen LogP contribution in [0.3, 0.4) is 0 Å². The Morgan fingerprint density at radius 1 is 1.29 bits per heavy atom. The summed E-state index contributed by atoms with van der Waals surface area (Å²) < 4.78 is 25.7. The Morgan fingerprint density at radius 2 is 1.88 bits per heavy atom. The summed E-state index contributed by atoms with van der Waals surface area (Å²) in [5.41, 5.74) is 1.12. The molecule has 1 fully saturated rings. The van der Waals surface area contributed by atoms with E-state index in [0.29, 0.717) is 24.1 Å². The quantitative estimate of drug-likeness (QED) is 0.828. The lowest BCUT2D eigenvalue weighted by atomic mass is 10.1. The van der Waals surface area contributed by atoms with Crippen molar-refractivity contribution in [3.63, 3.8) is 0 Å². The van der Waals surface area contributed by atoms with Crippen LogP contribution >= 0.6 is 0 Å². The molecule has 0 aliphatic heterocycles. The van der Waals surface area contributed by atoms with Gasteiger partial charge < -0.3 is 5.11 Å². The first-order chi connectivity index (χ1) is 7.97. The minimum absolute atomic E-state index is 0.0599. The van der Waals surface area contributed by atoms with Crippen molar-refractivity contribution in [3.8, 4) is 0 Å². The smallest absolute Gasteiger partial charge is 0.307 e. The van der Waals surface area contributed by atoms with Crippen LogP contribution in [0.1, 0.15) is 18.4 Å². The van der Waals surface area contributed by atoms with Crippen molar-refractivity contribution in [2.24, 2.45) is 0 Å². The van der Waals surface area contributed by atoms with E-state index < -0.39 is 16.0 Å².